The molecule has 4 heavy (non-hydrogen) atoms. The minimum atomic E-state index is 0. The Morgan fingerprint density at radius 2 is 1.25 bits per heavy atom. The molecule has 0 amide bonds. The van der Waals surface area contributed by atoms with Gasteiger partial charge in [0.05, 0.1) is 0 Å². The van der Waals surface area contributed by atoms with Crippen LogP contribution in [0.4, 0.5) is 0 Å². The fourth-order valence-electron chi connectivity index (χ4n) is 0. The van der Waals surface area contributed by atoms with Gasteiger partial charge in [0, 0.05) is 17.1 Å². The molecule has 0 unspecified atom stereocenters. The molecule has 0 saturated carbocycles. The second-order valence-electron chi connectivity index (χ2n) is 0.112. The van der Waals surface area contributed by atoms with Crippen LogP contribution in [0.5, 0.6) is 0 Å². The number of rotatable bonds is 0. The fourth-order valence-corrected chi connectivity index (χ4v) is 0. The molecule has 0 aromatic rings. The average Bonchev–Trinajstić information content (AvgIpc) is 0.918. The summed E-state index contributed by atoms with van der Waals surface area (Å²) in [5.41, 5.74) is 11.0. The first kappa shape index (κ1) is 9.16. The zero-order valence-electron chi connectivity index (χ0n) is 1.75. The molecule has 0 fully saturated rings. The van der Waals surface area contributed by atoms with Crippen LogP contribution in [-0.4, -0.2) is 0 Å². The molecular formula is H2CuN3+. The van der Waals surface area contributed by atoms with Gasteiger partial charge in [0.1, 0.15) is 11.1 Å². The Morgan fingerprint density at radius 1 is 1.25 bits per heavy atom. The Bertz CT molecular complexity index is 24.3. The minimum Gasteiger partial charge on any atom is 0 e. The van der Waals surface area contributed by atoms with Crippen LogP contribution >= 0.6 is 0 Å². The third-order valence-electron chi connectivity index (χ3n) is 0. The Labute approximate surface area is 33.9 Å². The predicted molar refractivity (Wildman–Crippen MR) is 7.57 cm³/mol. The average molecular weight is 108 g/mol. The second-order valence-corrected chi connectivity index (χ2v) is 0.112. The zero-order chi connectivity index (χ0) is 2.71. The molecule has 0 heterocycles. The first-order valence-electron chi connectivity index (χ1n) is 0.447. The van der Waals surface area contributed by atoms with Gasteiger partial charge < -0.3 is 0 Å². The Kier molecular flexibility index (Phi) is 31.5. The standard InChI is InChI=1S/Cu.H2N3/c;1-3-2/h;1-2H/q;+1. The maximum atomic E-state index is 5.50. The van der Waals surface area contributed by atoms with Crippen molar-refractivity contribution >= 4 is 0 Å². The van der Waals surface area contributed by atoms with E-state index in [2.05, 4.69) is 0 Å². The molecule has 0 aromatic carbocycles. The van der Waals surface area contributed by atoms with Crippen LogP contribution in [0, 0.1) is 11.1 Å². The molecule has 27 valence electrons. The van der Waals surface area contributed by atoms with Crippen molar-refractivity contribution in [2.24, 2.45) is 0 Å². The molecular weight excluding hydrogens is 106 g/mol. The molecule has 0 saturated heterocycles. The van der Waals surface area contributed by atoms with Gasteiger partial charge in [-0.3, -0.25) is 0 Å². The summed E-state index contributed by atoms with van der Waals surface area (Å²) in [6, 6.07) is 0. The first-order chi connectivity index (χ1) is 1.41. The van der Waals surface area contributed by atoms with E-state index >= 15 is 0 Å². The molecule has 0 aliphatic carbocycles. The minimum absolute atomic E-state index is 0. The van der Waals surface area contributed by atoms with E-state index in [1.54, 1.807) is 0 Å². The van der Waals surface area contributed by atoms with Crippen LogP contribution in [0.3, 0.4) is 0 Å². The van der Waals surface area contributed by atoms with Crippen molar-refractivity contribution in [3.8, 4) is 0 Å². The maximum Gasteiger partial charge on any atom is 0.211 e. The smallest absolute Gasteiger partial charge is 0 e. The van der Waals surface area contributed by atoms with Gasteiger partial charge in [-0.2, -0.15) is 0 Å². The van der Waals surface area contributed by atoms with Gasteiger partial charge in [-0.05, 0) is 0 Å². The van der Waals surface area contributed by atoms with Crippen LogP contribution in [0.1, 0.15) is 0 Å². The number of nitrogens with zero attached hydrogens (tertiary/aromatic N) is 1. The molecule has 0 aliphatic rings. The van der Waals surface area contributed by atoms with Crippen molar-refractivity contribution in [2.75, 3.05) is 0 Å². The van der Waals surface area contributed by atoms with Gasteiger partial charge in [0.2, 0.25) is 4.91 Å². The molecule has 0 spiro atoms. The van der Waals surface area contributed by atoms with Crippen LogP contribution in [0.25, 0.3) is 0 Å². The Balaban J connectivity index is 0. The number of nitrogens with one attached hydrogen (secondary N) is 2. The Hall–Kier alpha value is -0.171. The van der Waals surface area contributed by atoms with Gasteiger partial charge in [-0.15, -0.1) is 0 Å². The predicted octanol–water partition coefficient (Wildman–Crippen LogP) is 0.113. The van der Waals surface area contributed by atoms with E-state index in [4.69, 9.17) is 11.1 Å². The fraction of sp³-hybridized carbons (Fsp3) is 0. The van der Waals surface area contributed by atoms with Crippen LogP contribution < -0.4 is 4.91 Å². The molecule has 2 N–H and O–H groups in total. The summed E-state index contributed by atoms with van der Waals surface area (Å²) in [6.45, 7) is 0. The maximum absolute atomic E-state index is 5.50. The van der Waals surface area contributed by atoms with Crippen molar-refractivity contribution in [1.29, 1.82) is 11.1 Å². The monoisotopic (exact) mass is 107 g/mol. The molecule has 0 atom stereocenters. The molecule has 0 bridgehead atoms. The van der Waals surface area contributed by atoms with Crippen molar-refractivity contribution in [3.05, 3.63) is 0 Å². The van der Waals surface area contributed by atoms with Gasteiger partial charge in [0.15, 0.2) is 0 Å². The molecule has 0 rings (SSSR count). The topological polar surface area (TPSA) is 61.8 Å². The normalized spacial score (nSPS) is 2.00. The number of hydrogen-bond acceptors (Lipinski definition) is 2. The quantitative estimate of drug-likeness (QED) is 0.251. The summed E-state index contributed by atoms with van der Waals surface area (Å²) in [5.74, 6) is 0. The van der Waals surface area contributed by atoms with Crippen molar-refractivity contribution < 1.29 is 17.1 Å². The summed E-state index contributed by atoms with van der Waals surface area (Å²) in [4.78, 5) is 2.00. The summed E-state index contributed by atoms with van der Waals surface area (Å²) < 4.78 is 0. The third kappa shape index (κ3) is 43.3. The van der Waals surface area contributed by atoms with Crippen LogP contribution in [0.2, 0.25) is 0 Å². The zero-order valence-corrected chi connectivity index (χ0v) is 2.69. The van der Waals surface area contributed by atoms with Gasteiger partial charge in [0.25, 0.3) is 0 Å². The van der Waals surface area contributed by atoms with E-state index in [9.17, 15) is 0 Å². The summed E-state index contributed by atoms with van der Waals surface area (Å²) in [5, 5.41) is 0. The Morgan fingerprint density at radius 3 is 1.25 bits per heavy atom. The largest absolute Gasteiger partial charge is 0.211 e. The summed E-state index contributed by atoms with van der Waals surface area (Å²) in [6.07, 6.45) is 0. The van der Waals surface area contributed by atoms with Gasteiger partial charge in [-0.25, -0.2) is 0 Å². The van der Waals surface area contributed by atoms with Crippen molar-refractivity contribution in [3.63, 3.8) is 0 Å². The van der Waals surface area contributed by atoms with E-state index < -0.39 is 0 Å². The van der Waals surface area contributed by atoms with Crippen LogP contribution in [0.15, 0.2) is 0 Å². The number of hydrogen-bond donors (Lipinski definition) is 2. The molecule has 0 aliphatic heterocycles. The molecule has 3 nitrogen and oxygen atoms in total. The molecule has 4 heteroatoms. The molecule has 0 aromatic heterocycles. The first-order valence-corrected chi connectivity index (χ1v) is 0.447. The van der Waals surface area contributed by atoms with E-state index in [1.807, 2.05) is 4.91 Å². The molecule has 1 radical (unpaired) electrons. The summed E-state index contributed by atoms with van der Waals surface area (Å²) in [7, 11) is 0. The summed E-state index contributed by atoms with van der Waals surface area (Å²) >= 11 is 0. The van der Waals surface area contributed by atoms with Gasteiger partial charge >= 0.3 is 0 Å². The van der Waals surface area contributed by atoms with E-state index in [1.165, 1.54) is 0 Å². The van der Waals surface area contributed by atoms with E-state index in [0.29, 0.717) is 0 Å². The van der Waals surface area contributed by atoms with Crippen LogP contribution in [-0.2, 0) is 17.1 Å². The SMILES string of the molecule is N=[N+]=N.[Cu]. The van der Waals surface area contributed by atoms with E-state index in [-0.39, 0.29) is 17.1 Å². The van der Waals surface area contributed by atoms with Crippen molar-refractivity contribution in [2.45, 2.75) is 0 Å². The van der Waals surface area contributed by atoms with E-state index in [0.717, 1.165) is 0 Å². The van der Waals surface area contributed by atoms with Crippen molar-refractivity contribution in [1.82, 2.24) is 4.91 Å². The second kappa shape index (κ2) is 13.8. The third-order valence-corrected chi connectivity index (χ3v) is 0. The van der Waals surface area contributed by atoms with Gasteiger partial charge in [-0.1, -0.05) is 0 Å².